The fourth-order valence-electron chi connectivity index (χ4n) is 2.30. The molecule has 2 aromatic rings. The molecule has 0 amide bonds. The molecule has 1 N–H and O–H groups in total. The van der Waals surface area contributed by atoms with Gasteiger partial charge in [-0.3, -0.25) is 4.98 Å². The number of rotatable bonds is 5. The molecular weight excluding hydrogens is 319 g/mol. The third kappa shape index (κ3) is 3.44. The summed E-state index contributed by atoms with van der Waals surface area (Å²) in [5.74, 6) is -0.226. The average molecular weight is 337 g/mol. The molecule has 0 spiro atoms. The third-order valence-electron chi connectivity index (χ3n) is 3.29. The van der Waals surface area contributed by atoms with Crippen LogP contribution in [0.1, 0.15) is 29.8 Å². The van der Waals surface area contributed by atoms with Crippen LogP contribution < -0.4 is 5.32 Å². The van der Waals surface area contributed by atoms with E-state index >= 15 is 0 Å². The van der Waals surface area contributed by atoms with Crippen LogP contribution in [0.25, 0.3) is 0 Å². The molecule has 0 aliphatic heterocycles. The zero-order valence-electron chi connectivity index (χ0n) is 11.7. The molecule has 1 aromatic heterocycles. The Bertz CT molecular complexity index is 586. The van der Waals surface area contributed by atoms with Gasteiger partial charge in [0.05, 0.1) is 16.2 Å². The SMILES string of the molecule is CCNC(Cc1cccc(F)c1Br)c1ncccc1C. The summed E-state index contributed by atoms with van der Waals surface area (Å²) in [6, 6.07) is 9.20. The molecule has 0 bridgehead atoms. The number of halogens is 2. The van der Waals surface area contributed by atoms with Gasteiger partial charge >= 0.3 is 0 Å². The summed E-state index contributed by atoms with van der Waals surface area (Å²) in [7, 11) is 0. The molecule has 1 atom stereocenters. The molecule has 1 unspecified atom stereocenters. The van der Waals surface area contributed by atoms with Gasteiger partial charge in [-0.2, -0.15) is 0 Å². The Morgan fingerprint density at radius 2 is 2.10 bits per heavy atom. The molecule has 0 fully saturated rings. The molecular formula is C16H18BrFN2. The van der Waals surface area contributed by atoms with Crippen LogP contribution in [0.15, 0.2) is 41.0 Å². The average Bonchev–Trinajstić information content (AvgIpc) is 2.44. The number of aromatic nitrogens is 1. The summed E-state index contributed by atoms with van der Waals surface area (Å²) in [4.78, 5) is 4.47. The Morgan fingerprint density at radius 1 is 1.30 bits per heavy atom. The normalized spacial score (nSPS) is 12.4. The highest BCUT2D eigenvalue weighted by molar-refractivity contribution is 9.10. The van der Waals surface area contributed by atoms with E-state index in [0.717, 1.165) is 23.4 Å². The van der Waals surface area contributed by atoms with E-state index in [9.17, 15) is 4.39 Å². The van der Waals surface area contributed by atoms with Crippen LogP contribution in [-0.2, 0) is 6.42 Å². The summed E-state index contributed by atoms with van der Waals surface area (Å²) < 4.78 is 14.2. The fourth-order valence-corrected chi connectivity index (χ4v) is 2.73. The second-order valence-electron chi connectivity index (χ2n) is 4.73. The van der Waals surface area contributed by atoms with Gasteiger partial charge in [0.25, 0.3) is 0 Å². The lowest BCUT2D eigenvalue weighted by Gasteiger charge is -2.20. The van der Waals surface area contributed by atoms with Crippen LogP contribution in [0.5, 0.6) is 0 Å². The van der Waals surface area contributed by atoms with E-state index in [4.69, 9.17) is 0 Å². The summed E-state index contributed by atoms with van der Waals surface area (Å²) >= 11 is 3.33. The zero-order valence-corrected chi connectivity index (χ0v) is 13.2. The third-order valence-corrected chi connectivity index (χ3v) is 4.17. The first-order valence-electron chi connectivity index (χ1n) is 6.71. The minimum Gasteiger partial charge on any atom is -0.309 e. The Morgan fingerprint density at radius 3 is 2.80 bits per heavy atom. The first-order valence-corrected chi connectivity index (χ1v) is 7.50. The summed E-state index contributed by atoms with van der Waals surface area (Å²) in [5.41, 5.74) is 3.11. The van der Waals surface area contributed by atoms with Crippen molar-refractivity contribution in [2.45, 2.75) is 26.3 Å². The van der Waals surface area contributed by atoms with Crippen molar-refractivity contribution in [2.75, 3.05) is 6.54 Å². The second kappa shape index (κ2) is 6.95. The number of likely N-dealkylation sites (N-methyl/N-ethyl adjacent to an activating group) is 1. The summed E-state index contributed by atoms with van der Waals surface area (Å²) in [6.45, 7) is 4.95. The maximum absolute atomic E-state index is 13.6. The number of benzene rings is 1. The number of pyridine rings is 1. The van der Waals surface area contributed by atoms with Crippen molar-refractivity contribution in [1.29, 1.82) is 0 Å². The van der Waals surface area contributed by atoms with Crippen LogP contribution in [0.3, 0.4) is 0 Å². The highest BCUT2D eigenvalue weighted by atomic mass is 79.9. The summed E-state index contributed by atoms with van der Waals surface area (Å²) in [6.07, 6.45) is 2.50. The van der Waals surface area contributed by atoms with Gasteiger partial charge in [-0.15, -0.1) is 0 Å². The number of nitrogens with one attached hydrogen (secondary N) is 1. The van der Waals surface area contributed by atoms with Crippen molar-refractivity contribution in [1.82, 2.24) is 10.3 Å². The van der Waals surface area contributed by atoms with Gasteiger partial charge in [0.1, 0.15) is 5.82 Å². The minimum absolute atomic E-state index is 0.0827. The standard InChI is InChI=1S/C16H18BrFN2/c1-3-19-14(16-11(2)6-5-9-20-16)10-12-7-4-8-13(18)15(12)17/h4-9,14,19H,3,10H2,1-2H3. The Balaban J connectivity index is 2.31. The Labute approximate surface area is 127 Å². The molecule has 2 rings (SSSR count). The maximum atomic E-state index is 13.6. The van der Waals surface area contributed by atoms with E-state index in [1.54, 1.807) is 12.3 Å². The molecule has 20 heavy (non-hydrogen) atoms. The molecule has 106 valence electrons. The van der Waals surface area contributed by atoms with Gasteiger partial charge in [-0.05, 0) is 59.1 Å². The van der Waals surface area contributed by atoms with Crippen LogP contribution >= 0.6 is 15.9 Å². The van der Waals surface area contributed by atoms with Gasteiger partial charge in [0, 0.05) is 6.20 Å². The molecule has 1 heterocycles. The van der Waals surface area contributed by atoms with Crippen molar-refractivity contribution in [2.24, 2.45) is 0 Å². The van der Waals surface area contributed by atoms with Gasteiger partial charge in [0.2, 0.25) is 0 Å². The quantitative estimate of drug-likeness (QED) is 0.885. The van der Waals surface area contributed by atoms with Gasteiger partial charge in [0.15, 0.2) is 0 Å². The molecule has 1 aromatic carbocycles. The molecule has 0 saturated carbocycles. The lowest BCUT2D eigenvalue weighted by atomic mass is 10.00. The van der Waals surface area contributed by atoms with Gasteiger partial charge in [-0.1, -0.05) is 25.1 Å². The lowest BCUT2D eigenvalue weighted by Crippen LogP contribution is -2.25. The minimum atomic E-state index is -0.226. The highest BCUT2D eigenvalue weighted by Crippen LogP contribution is 2.26. The monoisotopic (exact) mass is 336 g/mol. The smallest absolute Gasteiger partial charge is 0.137 e. The van der Waals surface area contributed by atoms with Crippen molar-refractivity contribution in [3.05, 3.63) is 63.6 Å². The van der Waals surface area contributed by atoms with Crippen molar-refractivity contribution >= 4 is 15.9 Å². The summed E-state index contributed by atoms with van der Waals surface area (Å²) in [5, 5.41) is 3.43. The largest absolute Gasteiger partial charge is 0.309 e. The highest BCUT2D eigenvalue weighted by Gasteiger charge is 2.17. The number of hydrogen-bond donors (Lipinski definition) is 1. The molecule has 0 radical (unpaired) electrons. The number of aryl methyl sites for hydroxylation is 1. The van der Waals surface area contributed by atoms with Crippen molar-refractivity contribution in [3.63, 3.8) is 0 Å². The lowest BCUT2D eigenvalue weighted by molar-refractivity contribution is 0.530. The topological polar surface area (TPSA) is 24.9 Å². The van der Waals surface area contributed by atoms with E-state index in [1.807, 2.05) is 25.1 Å². The second-order valence-corrected chi connectivity index (χ2v) is 5.53. The molecule has 0 saturated heterocycles. The first kappa shape index (κ1) is 15.1. The first-order chi connectivity index (χ1) is 9.63. The van der Waals surface area contributed by atoms with Gasteiger partial charge < -0.3 is 5.32 Å². The molecule has 0 aliphatic carbocycles. The van der Waals surface area contributed by atoms with E-state index in [2.05, 4.69) is 33.2 Å². The van der Waals surface area contributed by atoms with Crippen molar-refractivity contribution in [3.8, 4) is 0 Å². The Kier molecular flexibility index (Phi) is 5.26. The van der Waals surface area contributed by atoms with E-state index in [-0.39, 0.29) is 11.9 Å². The molecule has 4 heteroatoms. The number of hydrogen-bond acceptors (Lipinski definition) is 2. The van der Waals surface area contributed by atoms with E-state index < -0.39 is 0 Å². The van der Waals surface area contributed by atoms with Crippen LogP contribution in [0, 0.1) is 12.7 Å². The van der Waals surface area contributed by atoms with Gasteiger partial charge in [-0.25, -0.2) is 4.39 Å². The fraction of sp³-hybridized carbons (Fsp3) is 0.312. The predicted octanol–water partition coefficient (Wildman–Crippen LogP) is 4.18. The Hall–Kier alpha value is -1.26. The molecule has 2 nitrogen and oxygen atoms in total. The van der Waals surface area contributed by atoms with E-state index in [0.29, 0.717) is 10.9 Å². The van der Waals surface area contributed by atoms with Crippen LogP contribution in [0.4, 0.5) is 4.39 Å². The maximum Gasteiger partial charge on any atom is 0.137 e. The van der Waals surface area contributed by atoms with Crippen LogP contribution in [-0.4, -0.2) is 11.5 Å². The predicted molar refractivity (Wildman–Crippen MR) is 83.2 cm³/mol. The van der Waals surface area contributed by atoms with Crippen molar-refractivity contribution < 1.29 is 4.39 Å². The van der Waals surface area contributed by atoms with E-state index in [1.165, 1.54) is 6.07 Å². The zero-order chi connectivity index (χ0) is 14.5. The molecule has 0 aliphatic rings. The van der Waals surface area contributed by atoms with Crippen LogP contribution in [0.2, 0.25) is 0 Å². The number of nitrogens with zero attached hydrogens (tertiary/aromatic N) is 1.